The predicted octanol–water partition coefficient (Wildman–Crippen LogP) is 4.48. The Bertz CT molecular complexity index is 1240. The van der Waals surface area contributed by atoms with Crippen LogP contribution in [0.5, 0.6) is 5.75 Å². The van der Waals surface area contributed by atoms with Crippen molar-refractivity contribution in [2.75, 3.05) is 43.5 Å². The smallest absolute Gasteiger partial charge is 0.269 e. The highest BCUT2D eigenvalue weighted by atomic mass is 35.5. The van der Waals surface area contributed by atoms with Crippen LogP contribution in [0.15, 0.2) is 52.9 Å². The molecule has 0 bridgehead atoms. The van der Waals surface area contributed by atoms with Crippen molar-refractivity contribution in [3.05, 3.63) is 64.4 Å². The van der Waals surface area contributed by atoms with Crippen LogP contribution >= 0.6 is 22.9 Å². The summed E-state index contributed by atoms with van der Waals surface area (Å²) in [6, 6.07) is 9.76. The van der Waals surface area contributed by atoms with Crippen LogP contribution in [0.1, 0.15) is 12.0 Å². The number of methoxy groups -OCH3 is 1. The zero-order valence-corrected chi connectivity index (χ0v) is 21.5. The van der Waals surface area contributed by atoms with Gasteiger partial charge in [-0.3, -0.25) is 0 Å². The van der Waals surface area contributed by atoms with E-state index in [1.54, 1.807) is 36.8 Å². The van der Waals surface area contributed by atoms with Gasteiger partial charge in [-0.05, 0) is 44.3 Å². The number of thiazole rings is 1. The van der Waals surface area contributed by atoms with E-state index < -0.39 is 20.7 Å². The van der Waals surface area contributed by atoms with Gasteiger partial charge in [-0.2, -0.15) is 0 Å². The maximum Gasteiger partial charge on any atom is 0.269 e. The van der Waals surface area contributed by atoms with Gasteiger partial charge < -0.3 is 14.5 Å². The van der Waals surface area contributed by atoms with E-state index in [0.29, 0.717) is 29.6 Å². The average Bonchev–Trinajstić information content (AvgIpc) is 3.51. The van der Waals surface area contributed by atoms with Crippen molar-refractivity contribution in [3.63, 3.8) is 0 Å². The molecule has 34 heavy (non-hydrogen) atoms. The molecule has 1 saturated heterocycles. The number of aromatic nitrogens is 1. The number of likely N-dealkylation sites (N-methyl/N-ethyl adjacent to an activating group) is 1. The number of sulfonamides is 1. The summed E-state index contributed by atoms with van der Waals surface area (Å²) in [6.45, 7) is 1.40. The van der Waals surface area contributed by atoms with E-state index in [1.165, 1.54) is 18.3 Å². The van der Waals surface area contributed by atoms with Crippen molar-refractivity contribution in [1.82, 2.24) is 9.88 Å². The quantitative estimate of drug-likeness (QED) is 0.433. The summed E-state index contributed by atoms with van der Waals surface area (Å²) >= 11 is 7.66. The number of nitrogens with zero attached hydrogens (tertiary/aromatic N) is 4. The first-order valence-electron chi connectivity index (χ1n) is 10.7. The Kier molecular flexibility index (Phi) is 7.32. The molecule has 182 valence electrons. The Hall–Kier alpha value is -2.40. The summed E-state index contributed by atoms with van der Waals surface area (Å²) in [7, 11) is 1.27. The standard InChI is InChI=1S/C23H26ClFN4O3S2/c1-27(2)17-8-10-28(15-17)21-13-20(25)22(12-19(21)24)34(30,31)29(23-26-9-11-33-23)14-16-4-6-18(32-3)7-5-16/h4-7,9,11-13,17H,8,10,14-15H2,1-3H3/t17-/m1/s1. The minimum atomic E-state index is -4.29. The number of hydrogen-bond donors (Lipinski definition) is 0. The molecule has 0 radical (unpaired) electrons. The lowest BCUT2D eigenvalue weighted by Crippen LogP contribution is -2.32. The maximum atomic E-state index is 15.3. The Morgan fingerprint density at radius 1 is 1.26 bits per heavy atom. The molecule has 0 spiro atoms. The fraction of sp³-hybridized carbons (Fsp3) is 0.348. The molecule has 0 saturated carbocycles. The van der Waals surface area contributed by atoms with E-state index in [4.69, 9.17) is 16.3 Å². The minimum absolute atomic E-state index is 0.0186. The van der Waals surface area contributed by atoms with Gasteiger partial charge >= 0.3 is 0 Å². The van der Waals surface area contributed by atoms with E-state index >= 15 is 4.39 Å². The van der Waals surface area contributed by atoms with Gasteiger partial charge in [-0.1, -0.05) is 23.7 Å². The molecule has 1 atom stereocenters. The SMILES string of the molecule is COc1ccc(CN(c2nccs2)S(=O)(=O)c2cc(Cl)c(N3CC[C@@H](N(C)C)C3)cc2F)cc1. The highest BCUT2D eigenvalue weighted by Gasteiger charge is 2.32. The zero-order valence-electron chi connectivity index (χ0n) is 19.1. The molecule has 0 aliphatic carbocycles. The second-order valence-electron chi connectivity index (χ2n) is 8.26. The molecule has 3 aromatic rings. The van der Waals surface area contributed by atoms with Crippen molar-refractivity contribution < 1.29 is 17.5 Å². The first-order valence-corrected chi connectivity index (χ1v) is 13.4. The van der Waals surface area contributed by atoms with Gasteiger partial charge in [0.15, 0.2) is 5.13 Å². The molecule has 2 aromatic carbocycles. The Labute approximate surface area is 208 Å². The molecule has 1 aromatic heterocycles. The monoisotopic (exact) mass is 524 g/mol. The second-order valence-corrected chi connectivity index (χ2v) is 11.4. The molecule has 4 rings (SSSR count). The summed E-state index contributed by atoms with van der Waals surface area (Å²) in [5, 5.41) is 2.11. The molecule has 7 nitrogen and oxygen atoms in total. The highest BCUT2D eigenvalue weighted by molar-refractivity contribution is 7.93. The van der Waals surface area contributed by atoms with Crippen molar-refractivity contribution in [2.45, 2.75) is 23.9 Å². The molecule has 1 aliphatic heterocycles. The fourth-order valence-corrected chi connectivity index (χ4v) is 6.65. The average molecular weight is 525 g/mol. The molecular formula is C23H26ClFN4O3S2. The third-order valence-electron chi connectivity index (χ3n) is 5.92. The highest BCUT2D eigenvalue weighted by Crippen LogP contribution is 2.36. The van der Waals surface area contributed by atoms with E-state index in [0.717, 1.165) is 28.6 Å². The third-order valence-corrected chi connectivity index (χ3v) is 8.89. The number of hydrogen-bond acceptors (Lipinski definition) is 7. The van der Waals surface area contributed by atoms with Crippen LogP contribution in [0, 0.1) is 5.82 Å². The van der Waals surface area contributed by atoms with Gasteiger partial charge in [0, 0.05) is 36.8 Å². The van der Waals surface area contributed by atoms with Gasteiger partial charge in [0.1, 0.15) is 16.5 Å². The van der Waals surface area contributed by atoms with Gasteiger partial charge in [0.25, 0.3) is 10.0 Å². The van der Waals surface area contributed by atoms with Crippen LogP contribution in [0.2, 0.25) is 5.02 Å². The molecule has 11 heteroatoms. The van der Waals surface area contributed by atoms with Crippen LogP contribution in [0.4, 0.5) is 15.2 Å². The number of rotatable bonds is 8. The lowest BCUT2D eigenvalue weighted by atomic mass is 10.2. The Balaban J connectivity index is 1.68. The zero-order chi connectivity index (χ0) is 24.5. The fourth-order valence-electron chi connectivity index (χ4n) is 3.95. The number of benzene rings is 2. The molecule has 0 N–H and O–H groups in total. The first kappa shape index (κ1) is 24.7. The summed E-state index contributed by atoms with van der Waals surface area (Å²) in [6.07, 6.45) is 2.43. The van der Waals surface area contributed by atoms with Gasteiger partial charge in [-0.15, -0.1) is 11.3 Å². The summed E-state index contributed by atoms with van der Waals surface area (Å²) < 4.78 is 48.9. The molecule has 2 heterocycles. The predicted molar refractivity (Wildman–Crippen MR) is 134 cm³/mol. The number of halogens is 2. The maximum absolute atomic E-state index is 15.3. The minimum Gasteiger partial charge on any atom is -0.497 e. The summed E-state index contributed by atoms with van der Waals surface area (Å²) in [5.74, 6) is -0.191. The van der Waals surface area contributed by atoms with Crippen LogP contribution in [-0.2, 0) is 16.6 Å². The van der Waals surface area contributed by atoms with Crippen molar-refractivity contribution in [3.8, 4) is 5.75 Å². The Morgan fingerprint density at radius 3 is 2.59 bits per heavy atom. The topological polar surface area (TPSA) is 66.0 Å². The summed E-state index contributed by atoms with van der Waals surface area (Å²) in [5.41, 5.74) is 1.20. The van der Waals surface area contributed by atoms with E-state index in [2.05, 4.69) is 9.88 Å². The third kappa shape index (κ3) is 5.00. The van der Waals surface area contributed by atoms with E-state index in [-0.39, 0.29) is 16.7 Å². The first-order chi connectivity index (χ1) is 16.2. The van der Waals surface area contributed by atoms with E-state index in [1.807, 2.05) is 19.0 Å². The van der Waals surface area contributed by atoms with Crippen molar-refractivity contribution >= 4 is 43.8 Å². The van der Waals surface area contributed by atoms with Gasteiger partial charge in [0.05, 0.1) is 24.4 Å². The van der Waals surface area contributed by atoms with Gasteiger partial charge in [0.2, 0.25) is 0 Å². The molecule has 0 unspecified atom stereocenters. The summed E-state index contributed by atoms with van der Waals surface area (Å²) in [4.78, 5) is 7.80. The lowest BCUT2D eigenvalue weighted by Gasteiger charge is -2.25. The molecule has 0 amide bonds. The number of ether oxygens (including phenoxy) is 1. The number of anilines is 2. The van der Waals surface area contributed by atoms with Crippen LogP contribution in [-0.4, -0.2) is 58.6 Å². The molecular weight excluding hydrogens is 499 g/mol. The van der Waals surface area contributed by atoms with E-state index in [9.17, 15) is 8.42 Å². The van der Waals surface area contributed by atoms with Crippen LogP contribution in [0.25, 0.3) is 0 Å². The second kappa shape index (κ2) is 10.1. The lowest BCUT2D eigenvalue weighted by molar-refractivity contribution is 0.315. The van der Waals surface area contributed by atoms with Crippen LogP contribution < -0.4 is 13.9 Å². The van der Waals surface area contributed by atoms with Crippen LogP contribution in [0.3, 0.4) is 0 Å². The normalized spacial score (nSPS) is 16.3. The van der Waals surface area contributed by atoms with Crippen molar-refractivity contribution in [2.24, 2.45) is 0 Å². The Morgan fingerprint density at radius 2 is 2.00 bits per heavy atom. The molecule has 1 aliphatic rings. The largest absolute Gasteiger partial charge is 0.497 e. The van der Waals surface area contributed by atoms with Crippen molar-refractivity contribution in [1.29, 1.82) is 0 Å². The molecule has 1 fully saturated rings. The van der Waals surface area contributed by atoms with Gasteiger partial charge in [-0.25, -0.2) is 22.1 Å².